The summed E-state index contributed by atoms with van der Waals surface area (Å²) in [4.78, 5) is 34.5. The molecule has 186 valence electrons. The summed E-state index contributed by atoms with van der Waals surface area (Å²) in [6.45, 7) is 2.48. The summed E-state index contributed by atoms with van der Waals surface area (Å²) in [5, 5.41) is 0.545. The van der Waals surface area contributed by atoms with Gasteiger partial charge in [0.25, 0.3) is 11.5 Å². The highest BCUT2D eigenvalue weighted by Gasteiger charge is 2.32. The van der Waals surface area contributed by atoms with E-state index in [0.717, 1.165) is 21.8 Å². The number of nitrogens with zero attached hydrogens (tertiary/aromatic N) is 3. The van der Waals surface area contributed by atoms with Crippen molar-refractivity contribution in [2.24, 2.45) is 0 Å². The summed E-state index contributed by atoms with van der Waals surface area (Å²) < 4.78 is 7.18. The Balaban J connectivity index is 1.46. The molecule has 2 aromatic heterocycles. The number of amides is 1. The van der Waals surface area contributed by atoms with Crippen LogP contribution in [0.3, 0.4) is 0 Å². The molecule has 1 aliphatic heterocycles. The summed E-state index contributed by atoms with van der Waals surface area (Å²) in [6.07, 6.45) is 3.97. The Morgan fingerprint density at radius 2 is 1.81 bits per heavy atom. The van der Waals surface area contributed by atoms with E-state index in [9.17, 15) is 9.59 Å². The molecule has 0 atom stereocenters. The van der Waals surface area contributed by atoms with E-state index < -0.39 is 0 Å². The molecular formula is C28H23N3O3S3. The van der Waals surface area contributed by atoms with Crippen LogP contribution >= 0.6 is 35.7 Å². The van der Waals surface area contributed by atoms with E-state index in [0.29, 0.717) is 38.4 Å². The van der Waals surface area contributed by atoms with Gasteiger partial charge in [-0.1, -0.05) is 71.6 Å². The zero-order valence-corrected chi connectivity index (χ0v) is 22.7. The Morgan fingerprint density at radius 1 is 1.05 bits per heavy atom. The molecule has 0 aliphatic carbocycles. The molecule has 0 N–H and O–H groups in total. The van der Waals surface area contributed by atoms with Gasteiger partial charge in [-0.05, 0) is 61.4 Å². The second-order valence-electron chi connectivity index (χ2n) is 8.41. The lowest BCUT2D eigenvalue weighted by Gasteiger charge is -2.14. The van der Waals surface area contributed by atoms with E-state index in [2.05, 4.69) is 0 Å². The molecule has 5 rings (SSSR count). The molecule has 37 heavy (non-hydrogen) atoms. The zero-order valence-electron chi connectivity index (χ0n) is 20.2. The number of hydrogen-bond acceptors (Lipinski definition) is 7. The number of aromatic nitrogens is 2. The van der Waals surface area contributed by atoms with Crippen LogP contribution in [0.25, 0.3) is 11.7 Å². The van der Waals surface area contributed by atoms with Crippen LogP contribution in [0, 0.1) is 6.92 Å². The number of methoxy groups -OCH3 is 1. The number of pyridine rings is 1. The Hall–Kier alpha value is -3.40. The molecule has 0 bridgehead atoms. The lowest BCUT2D eigenvalue weighted by molar-refractivity contribution is -0.122. The predicted octanol–water partition coefficient (Wildman–Crippen LogP) is 5.61. The van der Waals surface area contributed by atoms with Crippen molar-refractivity contribution in [1.29, 1.82) is 0 Å². The zero-order chi connectivity index (χ0) is 25.9. The molecule has 3 heterocycles. The quantitative estimate of drug-likeness (QED) is 0.170. The number of thioether (sulfide) groups is 1. The minimum Gasteiger partial charge on any atom is -0.497 e. The van der Waals surface area contributed by atoms with Gasteiger partial charge in [-0.3, -0.25) is 18.9 Å². The van der Waals surface area contributed by atoms with Crippen molar-refractivity contribution in [3.8, 4) is 5.75 Å². The molecule has 0 radical (unpaired) electrons. The molecule has 9 heteroatoms. The number of ether oxygens (including phenoxy) is 1. The van der Waals surface area contributed by atoms with Crippen LogP contribution in [0.5, 0.6) is 5.75 Å². The van der Waals surface area contributed by atoms with E-state index in [-0.39, 0.29) is 11.5 Å². The van der Waals surface area contributed by atoms with E-state index in [1.165, 1.54) is 27.9 Å². The van der Waals surface area contributed by atoms with Crippen LogP contribution < -0.4 is 10.3 Å². The third kappa shape index (κ3) is 5.49. The number of fused-ring (bicyclic) bond motifs is 1. The highest BCUT2D eigenvalue weighted by atomic mass is 32.2. The van der Waals surface area contributed by atoms with Gasteiger partial charge < -0.3 is 4.74 Å². The molecule has 0 unspecified atom stereocenters. The van der Waals surface area contributed by atoms with Crippen molar-refractivity contribution >= 4 is 57.7 Å². The minimum absolute atomic E-state index is 0.202. The molecule has 1 amide bonds. The lowest BCUT2D eigenvalue weighted by Crippen LogP contribution is -2.30. The fourth-order valence-corrected chi connectivity index (χ4v) is 6.04. The third-order valence-corrected chi connectivity index (χ3v) is 8.29. The van der Waals surface area contributed by atoms with Crippen LogP contribution in [0.4, 0.5) is 0 Å². The fourth-order valence-electron chi connectivity index (χ4n) is 3.86. The van der Waals surface area contributed by atoms with Crippen molar-refractivity contribution < 1.29 is 9.53 Å². The third-order valence-electron chi connectivity index (χ3n) is 5.90. The summed E-state index contributed by atoms with van der Waals surface area (Å²) in [7, 11) is 1.63. The Labute approximate surface area is 228 Å². The summed E-state index contributed by atoms with van der Waals surface area (Å²) >= 11 is 8.14. The van der Waals surface area contributed by atoms with Gasteiger partial charge in [0.1, 0.15) is 20.7 Å². The van der Waals surface area contributed by atoms with Crippen molar-refractivity contribution in [2.75, 3.05) is 13.7 Å². The number of carbonyl (C=O) groups excluding carboxylic acids is 1. The second kappa shape index (κ2) is 10.9. The van der Waals surface area contributed by atoms with Crippen molar-refractivity contribution in [3.63, 3.8) is 0 Å². The van der Waals surface area contributed by atoms with E-state index >= 15 is 0 Å². The molecule has 4 aromatic rings. The molecule has 1 saturated heterocycles. The Morgan fingerprint density at radius 3 is 2.54 bits per heavy atom. The predicted molar refractivity (Wildman–Crippen MR) is 153 cm³/mol. The second-order valence-corrected chi connectivity index (χ2v) is 11.1. The van der Waals surface area contributed by atoms with Crippen LogP contribution in [0.1, 0.15) is 16.7 Å². The van der Waals surface area contributed by atoms with Crippen molar-refractivity contribution in [1.82, 2.24) is 14.3 Å². The number of thiocarbonyl (C=S) groups is 1. The minimum atomic E-state index is -0.233. The number of hydrogen-bond donors (Lipinski definition) is 0. The molecule has 6 nitrogen and oxygen atoms in total. The van der Waals surface area contributed by atoms with Crippen LogP contribution in [-0.2, 0) is 11.2 Å². The first-order chi connectivity index (χ1) is 17.9. The topological polar surface area (TPSA) is 63.9 Å². The monoisotopic (exact) mass is 545 g/mol. The normalized spacial score (nSPS) is 14.6. The van der Waals surface area contributed by atoms with E-state index in [1.807, 2.05) is 61.5 Å². The van der Waals surface area contributed by atoms with Gasteiger partial charge in [0.15, 0.2) is 0 Å². The van der Waals surface area contributed by atoms with E-state index in [4.69, 9.17) is 21.9 Å². The van der Waals surface area contributed by atoms with Gasteiger partial charge >= 0.3 is 0 Å². The van der Waals surface area contributed by atoms with Crippen molar-refractivity contribution in [3.05, 3.63) is 105 Å². The van der Waals surface area contributed by atoms with Gasteiger partial charge in [0.05, 0.1) is 17.6 Å². The average molecular weight is 546 g/mol. The number of rotatable bonds is 7. The summed E-state index contributed by atoms with van der Waals surface area (Å²) in [5.41, 5.74) is 2.90. The van der Waals surface area contributed by atoms with Gasteiger partial charge in [-0.15, -0.1) is 0 Å². The number of aryl methyl sites for hydroxylation is 1. The maximum atomic E-state index is 13.5. The Kier molecular flexibility index (Phi) is 7.45. The largest absolute Gasteiger partial charge is 0.497 e. The van der Waals surface area contributed by atoms with Gasteiger partial charge in [-0.2, -0.15) is 0 Å². The summed E-state index contributed by atoms with van der Waals surface area (Å²) in [5.74, 6) is 0.583. The van der Waals surface area contributed by atoms with Crippen molar-refractivity contribution in [2.45, 2.75) is 23.3 Å². The lowest BCUT2D eigenvalue weighted by atomic mass is 10.1. The Bertz CT molecular complexity index is 1580. The average Bonchev–Trinajstić information content (AvgIpc) is 3.18. The fraction of sp³-hybridized carbons (Fsp3) is 0.143. The molecule has 0 spiro atoms. The maximum absolute atomic E-state index is 13.5. The first-order valence-electron chi connectivity index (χ1n) is 11.6. The number of benzene rings is 2. The van der Waals surface area contributed by atoms with Crippen LogP contribution in [0.15, 0.2) is 92.5 Å². The molecular weight excluding hydrogens is 523 g/mol. The summed E-state index contributed by atoms with van der Waals surface area (Å²) in [6, 6.07) is 21.2. The maximum Gasteiger partial charge on any atom is 0.266 e. The molecule has 1 aliphatic rings. The van der Waals surface area contributed by atoms with Gasteiger partial charge in [-0.25, -0.2) is 4.98 Å². The number of carbonyl (C=O) groups is 1. The first-order valence-corrected chi connectivity index (χ1v) is 13.6. The highest BCUT2D eigenvalue weighted by molar-refractivity contribution is 8.26. The molecule has 2 aromatic carbocycles. The first kappa shape index (κ1) is 25.3. The molecule has 1 fully saturated rings. The van der Waals surface area contributed by atoms with Gasteiger partial charge in [0.2, 0.25) is 0 Å². The van der Waals surface area contributed by atoms with Crippen LogP contribution in [-0.4, -0.2) is 38.2 Å². The standard InChI is InChI=1S/C28H23N3O3S3/c1-18-6-12-21(13-7-18)36-25-22(26(32)30-15-4-3-5-24(30)29-25)17-23-27(33)31(28(35)37-23)16-14-19-8-10-20(34-2)11-9-19/h3-13,15,17H,14,16H2,1-2H3/b23-17+. The SMILES string of the molecule is COc1ccc(CCN2C(=O)/C(=C\c3c(Sc4ccc(C)cc4)nc4ccccn4c3=O)SC2=S)cc1. The molecule has 0 saturated carbocycles. The highest BCUT2D eigenvalue weighted by Crippen LogP contribution is 2.35. The van der Waals surface area contributed by atoms with Crippen LogP contribution in [0.2, 0.25) is 0 Å². The smallest absolute Gasteiger partial charge is 0.266 e. The van der Waals surface area contributed by atoms with Gasteiger partial charge in [0, 0.05) is 17.6 Å². The van der Waals surface area contributed by atoms with E-state index in [1.54, 1.807) is 36.4 Å².